The Bertz CT molecular complexity index is 384. The molecule has 0 aliphatic heterocycles. The highest BCUT2D eigenvalue weighted by atomic mass is 16.2. The van der Waals surface area contributed by atoms with Gasteiger partial charge in [0, 0.05) is 5.56 Å². The van der Waals surface area contributed by atoms with Crippen LogP contribution in [0.5, 0.6) is 0 Å². The van der Waals surface area contributed by atoms with Crippen LogP contribution in [0.4, 0.5) is 0 Å². The average Bonchev–Trinajstić information content (AvgIpc) is 2.40. The third kappa shape index (κ3) is 3.07. The van der Waals surface area contributed by atoms with Gasteiger partial charge in [-0.15, -0.1) is 0 Å². The van der Waals surface area contributed by atoms with Gasteiger partial charge in [0.05, 0.1) is 0 Å². The van der Waals surface area contributed by atoms with Crippen LogP contribution >= 0.6 is 0 Å². The molecule has 92 valence electrons. The number of carbonyl (C=O) groups excluding carboxylic acids is 1. The highest BCUT2D eigenvalue weighted by Gasteiger charge is 2.17. The van der Waals surface area contributed by atoms with E-state index in [0.29, 0.717) is 0 Å². The first-order chi connectivity index (χ1) is 8.31. The standard InChI is InChI=1S/C14H20N2O/c15-16-14(17)13-9-5-4-8-12(13)10-11-6-2-1-3-7-11/h4-5,8-9,11H,1-3,6-7,10,15H2,(H,16,17). The Morgan fingerprint density at radius 1 is 1.24 bits per heavy atom. The van der Waals surface area contributed by atoms with Crippen molar-refractivity contribution in [2.75, 3.05) is 0 Å². The molecule has 1 saturated carbocycles. The summed E-state index contributed by atoms with van der Waals surface area (Å²) in [6, 6.07) is 7.76. The maximum atomic E-state index is 11.6. The fourth-order valence-electron chi connectivity index (χ4n) is 2.70. The molecule has 2 rings (SSSR count). The number of nitrogen functional groups attached to an aromatic ring is 1. The quantitative estimate of drug-likeness (QED) is 0.477. The third-order valence-electron chi connectivity index (χ3n) is 3.63. The van der Waals surface area contributed by atoms with E-state index in [1.54, 1.807) is 0 Å². The molecule has 1 aliphatic carbocycles. The summed E-state index contributed by atoms with van der Waals surface area (Å²) in [6.07, 6.45) is 7.61. The van der Waals surface area contributed by atoms with Crippen LogP contribution in [-0.2, 0) is 6.42 Å². The van der Waals surface area contributed by atoms with Gasteiger partial charge in [-0.25, -0.2) is 5.84 Å². The highest BCUT2D eigenvalue weighted by molar-refractivity contribution is 5.95. The molecule has 0 saturated heterocycles. The Balaban J connectivity index is 2.11. The number of nitrogens with one attached hydrogen (secondary N) is 1. The molecule has 0 unspecified atom stereocenters. The normalized spacial score (nSPS) is 16.8. The minimum Gasteiger partial charge on any atom is -0.290 e. The second-order valence-corrected chi connectivity index (χ2v) is 4.84. The monoisotopic (exact) mass is 232 g/mol. The molecule has 1 aliphatic rings. The summed E-state index contributed by atoms with van der Waals surface area (Å²) < 4.78 is 0. The van der Waals surface area contributed by atoms with Crippen molar-refractivity contribution < 1.29 is 4.79 Å². The predicted octanol–water partition coefficient (Wildman–Crippen LogP) is 2.41. The number of benzene rings is 1. The van der Waals surface area contributed by atoms with Gasteiger partial charge in [-0.1, -0.05) is 50.3 Å². The molecule has 17 heavy (non-hydrogen) atoms. The van der Waals surface area contributed by atoms with E-state index in [4.69, 9.17) is 5.84 Å². The van der Waals surface area contributed by atoms with Crippen LogP contribution in [0.2, 0.25) is 0 Å². The van der Waals surface area contributed by atoms with Crippen molar-refractivity contribution in [1.29, 1.82) is 0 Å². The van der Waals surface area contributed by atoms with Gasteiger partial charge in [0.2, 0.25) is 0 Å². The van der Waals surface area contributed by atoms with E-state index in [1.165, 1.54) is 32.1 Å². The molecular formula is C14H20N2O. The Morgan fingerprint density at radius 3 is 2.65 bits per heavy atom. The highest BCUT2D eigenvalue weighted by Crippen LogP contribution is 2.27. The van der Waals surface area contributed by atoms with Crippen LogP contribution in [0.1, 0.15) is 48.0 Å². The third-order valence-corrected chi connectivity index (χ3v) is 3.63. The number of hydrazine groups is 1. The molecule has 0 spiro atoms. The van der Waals surface area contributed by atoms with Crippen LogP contribution < -0.4 is 11.3 Å². The maximum Gasteiger partial charge on any atom is 0.265 e. The number of carbonyl (C=O) groups is 1. The zero-order valence-corrected chi connectivity index (χ0v) is 10.1. The minimum atomic E-state index is -0.184. The van der Waals surface area contributed by atoms with Gasteiger partial charge >= 0.3 is 0 Å². The number of amides is 1. The van der Waals surface area contributed by atoms with Crippen molar-refractivity contribution in [2.24, 2.45) is 11.8 Å². The van der Waals surface area contributed by atoms with E-state index in [2.05, 4.69) is 5.43 Å². The smallest absolute Gasteiger partial charge is 0.265 e. The average molecular weight is 232 g/mol. The number of hydrogen-bond donors (Lipinski definition) is 2. The molecule has 1 aromatic rings. The lowest BCUT2D eigenvalue weighted by Crippen LogP contribution is -2.31. The van der Waals surface area contributed by atoms with E-state index < -0.39 is 0 Å². The number of nitrogens with two attached hydrogens (primary N) is 1. The maximum absolute atomic E-state index is 11.6. The van der Waals surface area contributed by atoms with Crippen molar-refractivity contribution in [3.63, 3.8) is 0 Å². The van der Waals surface area contributed by atoms with Crippen molar-refractivity contribution >= 4 is 5.91 Å². The molecule has 3 N–H and O–H groups in total. The second-order valence-electron chi connectivity index (χ2n) is 4.84. The van der Waals surface area contributed by atoms with Gasteiger partial charge in [-0.05, 0) is 24.0 Å². The van der Waals surface area contributed by atoms with Crippen LogP contribution in [0.25, 0.3) is 0 Å². The van der Waals surface area contributed by atoms with E-state index in [0.717, 1.165) is 23.5 Å². The lowest BCUT2D eigenvalue weighted by Gasteiger charge is -2.22. The van der Waals surface area contributed by atoms with E-state index >= 15 is 0 Å². The molecule has 1 amide bonds. The van der Waals surface area contributed by atoms with Crippen molar-refractivity contribution in [3.8, 4) is 0 Å². The summed E-state index contributed by atoms with van der Waals surface area (Å²) >= 11 is 0. The molecule has 3 heteroatoms. The Labute approximate surface area is 102 Å². The predicted molar refractivity (Wildman–Crippen MR) is 68.4 cm³/mol. The molecule has 0 atom stereocenters. The number of rotatable bonds is 3. The summed E-state index contributed by atoms with van der Waals surface area (Å²) in [7, 11) is 0. The molecular weight excluding hydrogens is 212 g/mol. The van der Waals surface area contributed by atoms with E-state index in [1.807, 2.05) is 24.3 Å². The second kappa shape index (κ2) is 5.82. The first kappa shape index (κ1) is 12.1. The van der Waals surface area contributed by atoms with Crippen LogP contribution in [0.15, 0.2) is 24.3 Å². The Hall–Kier alpha value is -1.35. The first-order valence-electron chi connectivity index (χ1n) is 6.40. The molecule has 0 heterocycles. The summed E-state index contributed by atoms with van der Waals surface area (Å²) in [5.41, 5.74) is 4.07. The molecule has 0 bridgehead atoms. The minimum absolute atomic E-state index is 0.184. The topological polar surface area (TPSA) is 55.1 Å². The van der Waals surface area contributed by atoms with Crippen molar-refractivity contribution in [1.82, 2.24) is 5.43 Å². The van der Waals surface area contributed by atoms with Gasteiger partial charge in [0.1, 0.15) is 0 Å². The van der Waals surface area contributed by atoms with Gasteiger partial charge in [-0.3, -0.25) is 10.2 Å². The van der Waals surface area contributed by atoms with Gasteiger partial charge in [-0.2, -0.15) is 0 Å². The summed E-state index contributed by atoms with van der Waals surface area (Å²) in [4.78, 5) is 11.6. The first-order valence-corrected chi connectivity index (χ1v) is 6.40. The van der Waals surface area contributed by atoms with Crippen molar-refractivity contribution in [2.45, 2.75) is 38.5 Å². The molecule has 0 aromatic heterocycles. The van der Waals surface area contributed by atoms with Gasteiger partial charge in [0.15, 0.2) is 0 Å². The van der Waals surface area contributed by atoms with Gasteiger partial charge in [0.25, 0.3) is 5.91 Å². The Morgan fingerprint density at radius 2 is 1.94 bits per heavy atom. The van der Waals surface area contributed by atoms with Crippen molar-refractivity contribution in [3.05, 3.63) is 35.4 Å². The molecule has 1 fully saturated rings. The summed E-state index contributed by atoms with van der Waals surface area (Å²) in [5, 5.41) is 0. The van der Waals surface area contributed by atoms with Crippen LogP contribution in [-0.4, -0.2) is 5.91 Å². The number of hydrogen-bond acceptors (Lipinski definition) is 2. The Kier molecular flexibility index (Phi) is 4.15. The lowest BCUT2D eigenvalue weighted by atomic mass is 9.84. The van der Waals surface area contributed by atoms with Crippen LogP contribution in [0.3, 0.4) is 0 Å². The molecule has 0 radical (unpaired) electrons. The zero-order valence-electron chi connectivity index (χ0n) is 10.1. The summed E-state index contributed by atoms with van der Waals surface area (Å²) in [6.45, 7) is 0. The summed E-state index contributed by atoms with van der Waals surface area (Å²) in [5.74, 6) is 5.75. The SMILES string of the molecule is NNC(=O)c1ccccc1CC1CCCCC1. The fraction of sp³-hybridized carbons (Fsp3) is 0.500. The largest absolute Gasteiger partial charge is 0.290 e. The molecule has 1 aromatic carbocycles. The lowest BCUT2D eigenvalue weighted by molar-refractivity contribution is 0.0952. The van der Waals surface area contributed by atoms with Crippen LogP contribution in [0, 0.1) is 5.92 Å². The van der Waals surface area contributed by atoms with E-state index in [-0.39, 0.29) is 5.91 Å². The molecule has 3 nitrogen and oxygen atoms in total. The fourth-order valence-corrected chi connectivity index (χ4v) is 2.70. The van der Waals surface area contributed by atoms with E-state index in [9.17, 15) is 4.79 Å². The van der Waals surface area contributed by atoms with Gasteiger partial charge < -0.3 is 0 Å². The zero-order chi connectivity index (χ0) is 12.1.